The molecule has 3 aliphatic rings. The minimum absolute atomic E-state index is 0.00931. The molecule has 1 aromatic carbocycles. The maximum Gasteiger partial charge on any atom is 0.251 e. The summed E-state index contributed by atoms with van der Waals surface area (Å²) in [6.07, 6.45) is 11.2. The fraction of sp³-hybridized carbons (Fsp3) is 0.692. The van der Waals surface area contributed by atoms with Crippen LogP contribution in [0.5, 0.6) is 5.75 Å². The number of likely N-dealkylation sites (tertiary alicyclic amines) is 1. The summed E-state index contributed by atoms with van der Waals surface area (Å²) >= 11 is 0. The van der Waals surface area contributed by atoms with E-state index in [1.54, 1.807) is 0 Å². The molecule has 1 heterocycles. The highest BCUT2D eigenvalue weighted by Crippen LogP contribution is 2.49. The van der Waals surface area contributed by atoms with Gasteiger partial charge in [-0.1, -0.05) is 25.8 Å². The number of nitrogens with zero attached hydrogens (tertiary/aromatic N) is 1. The number of unbranched alkanes of at least 4 members (excludes halogenated alkanes) is 1. The Hall–Kier alpha value is -2.04. The number of piperidine rings is 1. The van der Waals surface area contributed by atoms with Gasteiger partial charge in [0.2, 0.25) is 5.91 Å². The van der Waals surface area contributed by atoms with Gasteiger partial charge in [-0.25, -0.2) is 0 Å². The van der Waals surface area contributed by atoms with Crippen molar-refractivity contribution < 1.29 is 14.3 Å². The standard InChI is InChI=1S/C26H38N2O3/c1-2-3-7-25(29)28-14-11-23(12-15-28)31-24-6-4-5-22(18-24)26(30)27-13-10-21-17-19-8-9-20(21)16-19/h4-6,18-21,23H,2-3,7-17H2,1H3,(H,27,30). The Balaban J connectivity index is 1.20. The molecule has 3 unspecified atom stereocenters. The third-order valence-corrected chi connectivity index (χ3v) is 7.62. The van der Waals surface area contributed by atoms with E-state index in [0.717, 1.165) is 75.2 Å². The quantitative estimate of drug-likeness (QED) is 0.617. The van der Waals surface area contributed by atoms with Crippen LogP contribution in [0.2, 0.25) is 0 Å². The molecule has 5 heteroatoms. The van der Waals surface area contributed by atoms with Crippen molar-refractivity contribution in [1.82, 2.24) is 10.2 Å². The van der Waals surface area contributed by atoms with E-state index in [9.17, 15) is 9.59 Å². The van der Waals surface area contributed by atoms with E-state index in [0.29, 0.717) is 12.0 Å². The second-order valence-electron chi connectivity index (χ2n) is 9.81. The number of benzene rings is 1. The van der Waals surface area contributed by atoms with Crippen molar-refractivity contribution in [3.05, 3.63) is 29.8 Å². The molecule has 1 N–H and O–H groups in total. The lowest BCUT2D eigenvalue weighted by atomic mass is 9.86. The average Bonchev–Trinajstić information content (AvgIpc) is 3.41. The van der Waals surface area contributed by atoms with E-state index >= 15 is 0 Å². The van der Waals surface area contributed by atoms with Gasteiger partial charge in [0.25, 0.3) is 5.91 Å². The molecule has 1 aromatic rings. The highest BCUT2D eigenvalue weighted by Gasteiger charge is 2.38. The molecule has 2 amide bonds. The normalized spacial score (nSPS) is 25.6. The minimum atomic E-state index is -0.00931. The molecular formula is C26H38N2O3. The highest BCUT2D eigenvalue weighted by atomic mass is 16.5. The first-order chi connectivity index (χ1) is 15.1. The first-order valence-corrected chi connectivity index (χ1v) is 12.4. The number of hydrogen-bond donors (Lipinski definition) is 1. The van der Waals surface area contributed by atoms with E-state index in [2.05, 4.69) is 12.2 Å². The van der Waals surface area contributed by atoms with Crippen LogP contribution < -0.4 is 10.1 Å². The van der Waals surface area contributed by atoms with Crippen LogP contribution in [0.15, 0.2) is 24.3 Å². The molecule has 4 rings (SSSR count). The van der Waals surface area contributed by atoms with E-state index < -0.39 is 0 Å². The van der Waals surface area contributed by atoms with Crippen molar-refractivity contribution >= 4 is 11.8 Å². The summed E-state index contributed by atoms with van der Waals surface area (Å²) in [6.45, 7) is 4.40. The Labute approximate surface area is 186 Å². The zero-order valence-electron chi connectivity index (χ0n) is 19.0. The van der Waals surface area contributed by atoms with Crippen molar-refractivity contribution in [2.24, 2.45) is 17.8 Å². The van der Waals surface area contributed by atoms with Crippen LogP contribution in [0.1, 0.15) is 81.5 Å². The van der Waals surface area contributed by atoms with Gasteiger partial charge in [-0.3, -0.25) is 9.59 Å². The Bertz CT molecular complexity index is 757. The van der Waals surface area contributed by atoms with Gasteiger partial charge >= 0.3 is 0 Å². The van der Waals surface area contributed by atoms with Gasteiger partial charge < -0.3 is 15.0 Å². The fourth-order valence-electron chi connectivity index (χ4n) is 5.82. The summed E-state index contributed by atoms with van der Waals surface area (Å²) in [5.41, 5.74) is 0.664. The Morgan fingerprint density at radius 2 is 1.97 bits per heavy atom. The predicted molar refractivity (Wildman–Crippen MR) is 122 cm³/mol. The summed E-state index contributed by atoms with van der Waals surface area (Å²) in [7, 11) is 0. The largest absolute Gasteiger partial charge is 0.490 e. The maximum atomic E-state index is 12.6. The lowest BCUT2D eigenvalue weighted by Gasteiger charge is -2.32. The van der Waals surface area contributed by atoms with Gasteiger partial charge in [-0.2, -0.15) is 0 Å². The zero-order valence-corrected chi connectivity index (χ0v) is 19.0. The molecule has 170 valence electrons. The first-order valence-electron chi connectivity index (χ1n) is 12.4. The maximum absolute atomic E-state index is 12.6. The Morgan fingerprint density at radius 3 is 2.68 bits per heavy atom. The van der Waals surface area contributed by atoms with E-state index in [1.807, 2.05) is 29.2 Å². The number of ether oxygens (including phenoxy) is 1. The number of fused-ring (bicyclic) bond motifs is 2. The molecule has 1 saturated heterocycles. The molecule has 5 nitrogen and oxygen atoms in total. The molecule has 0 radical (unpaired) electrons. The monoisotopic (exact) mass is 426 g/mol. The molecule has 3 fully saturated rings. The smallest absolute Gasteiger partial charge is 0.251 e. The van der Waals surface area contributed by atoms with Crippen molar-refractivity contribution in [2.45, 2.75) is 77.2 Å². The van der Waals surface area contributed by atoms with Crippen LogP contribution in [-0.4, -0.2) is 42.5 Å². The van der Waals surface area contributed by atoms with Gasteiger partial charge in [0.15, 0.2) is 0 Å². The lowest BCUT2D eigenvalue weighted by Crippen LogP contribution is -2.41. The fourth-order valence-corrected chi connectivity index (χ4v) is 5.82. The van der Waals surface area contributed by atoms with Crippen LogP contribution in [-0.2, 0) is 4.79 Å². The summed E-state index contributed by atoms with van der Waals surface area (Å²) in [6, 6.07) is 7.52. The summed E-state index contributed by atoms with van der Waals surface area (Å²) in [5, 5.41) is 3.11. The molecule has 2 aliphatic carbocycles. The topological polar surface area (TPSA) is 58.6 Å². The van der Waals surface area contributed by atoms with Crippen LogP contribution in [0.25, 0.3) is 0 Å². The number of hydrogen-bond acceptors (Lipinski definition) is 3. The average molecular weight is 427 g/mol. The van der Waals surface area contributed by atoms with E-state index in [4.69, 9.17) is 4.74 Å². The zero-order chi connectivity index (χ0) is 21.6. The van der Waals surface area contributed by atoms with Gasteiger partial charge in [0.05, 0.1) is 0 Å². The minimum Gasteiger partial charge on any atom is -0.490 e. The summed E-state index contributed by atoms with van der Waals surface area (Å²) in [4.78, 5) is 26.8. The first kappa shape index (κ1) is 22.2. The molecule has 1 aliphatic heterocycles. The second kappa shape index (κ2) is 10.5. The van der Waals surface area contributed by atoms with Crippen LogP contribution in [0, 0.1) is 17.8 Å². The third kappa shape index (κ3) is 5.81. The predicted octanol–water partition coefficient (Wildman–Crippen LogP) is 4.80. The van der Waals surface area contributed by atoms with Crippen LogP contribution in [0.4, 0.5) is 0 Å². The molecule has 2 bridgehead atoms. The van der Waals surface area contributed by atoms with Crippen molar-refractivity contribution in [3.63, 3.8) is 0 Å². The van der Waals surface area contributed by atoms with Gasteiger partial charge in [0.1, 0.15) is 11.9 Å². The van der Waals surface area contributed by atoms with Crippen molar-refractivity contribution in [3.8, 4) is 5.75 Å². The van der Waals surface area contributed by atoms with Crippen molar-refractivity contribution in [1.29, 1.82) is 0 Å². The number of nitrogens with one attached hydrogen (secondary N) is 1. The molecular weight excluding hydrogens is 388 g/mol. The number of carbonyl (C=O) groups is 2. The van der Waals surface area contributed by atoms with Crippen LogP contribution in [0.3, 0.4) is 0 Å². The van der Waals surface area contributed by atoms with Gasteiger partial charge in [-0.15, -0.1) is 0 Å². The van der Waals surface area contributed by atoms with E-state index in [1.165, 1.54) is 25.7 Å². The van der Waals surface area contributed by atoms with Crippen molar-refractivity contribution in [2.75, 3.05) is 19.6 Å². The molecule has 2 saturated carbocycles. The third-order valence-electron chi connectivity index (χ3n) is 7.62. The highest BCUT2D eigenvalue weighted by molar-refractivity contribution is 5.94. The molecule has 0 aromatic heterocycles. The SMILES string of the molecule is CCCCC(=O)N1CCC(Oc2cccc(C(=O)NCCC3CC4CCC3C4)c2)CC1. The van der Waals surface area contributed by atoms with Crippen LogP contribution >= 0.6 is 0 Å². The second-order valence-corrected chi connectivity index (χ2v) is 9.81. The van der Waals surface area contributed by atoms with Gasteiger partial charge in [0, 0.05) is 44.5 Å². The lowest BCUT2D eigenvalue weighted by molar-refractivity contribution is -0.133. The summed E-state index contributed by atoms with van der Waals surface area (Å²) in [5.74, 6) is 3.69. The van der Waals surface area contributed by atoms with Gasteiger partial charge in [-0.05, 0) is 68.1 Å². The Morgan fingerprint density at radius 1 is 1.13 bits per heavy atom. The van der Waals surface area contributed by atoms with E-state index in [-0.39, 0.29) is 17.9 Å². The molecule has 0 spiro atoms. The molecule has 31 heavy (non-hydrogen) atoms. The number of amides is 2. The number of rotatable bonds is 9. The summed E-state index contributed by atoms with van der Waals surface area (Å²) < 4.78 is 6.16. The number of carbonyl (C=O) groups excluding carboxylic acids is 2. The Kier molecular flexibility index (Phi) is 7.52. The molecule has 3 atom stereocenters.